The van der Waals surface area contributed by atoms with Crippen molar-refractivity contribution in [1.82, 2.24) is 10.3 Å². The summed E-state index contributed by atoms with van der Waals surface area (Å²) in [7, 11) is 0. The molecule has 0 saturated heterocycles. The van der Waals surface area contributed by atoms with Gasteiger partial charge in [0.15, 0.2) is 0 Å². The minimum absolute atomic E-state index is 0. The Balaban J connectivity index is 0.00000225. The molecule has 0 radical (unpaired) electrons. The number of nitrogen functional groups attached to an aromatic ring is 1. The van der Waals surface area contributed by atoms with Crippen LogP contribution in [0.4, 0.5) is 11.5 Å². The van der Waals surface area contributed by atoms with Crippen LogP contribution in [0.2, 0.25) is 0 Å². The number of amides is 2. The Labute approximate surface area is 172 Å². The summed E-state index contributed by atoms with van der Waals surface area (Å²) < 4.78 is 0. The van der Waals surface area contributed by atoms with E-state index in [0.717, 1.165) is 19.3 Å². The van der Waals surface area contributed by atoms with Crippen LogP contribution >= 0.6 is 12.4 Å². The molecule has 7 heteroatoms. The minimum Gasteiger partial charge on any atom is -0.384 e. The molecule has 1 heterocycles. The number of pyridine rings is 1. The van der Waals surface area contributed by atoms with Gasteiger partial charge in [-0.3, -0.25) is 9.59 Å². The quantitative estimate of drug-likeness (QED) is 0.698. The van der Waals surface area contributed by atoms with E-state index in [1.807, 2.05) is 13.8 Å². The summed E-state index contributed by atoms with van der Waals surface area (Å²) in [5.41, 5.74) is 5.94. The molecule has 154 valence electrons. The predicted molar refractivity (Wildman–Crippen MR) is 112 cm³/mol. The zero-order chi connectivity index (χ0) is 19.2. The van der Waals surface area contributed by atoms with E-state index in [4.69, 9.17) is 5.73 Å². The second-order valence-corrected chi connectivity index (χ2v) is 9.35. The first kappa shape index (κ1) is 20.9. The number of aromatic nitrogens is 1. The van der Waals surface area contributed by atoms with E-state index in [9.17, 15) is 9.59 Å². The normalized spacial score (nSPS) is 31.2. The highest BCUT2D eigenvalue weighted by Crippen LogP contribution is 2.60. The lowest BCUT2D eigenvalue weighted by Gasteiger charge is -2.55. The third-order valence-electron chi connectivity index (χ3n) is 6.81. The van der Waals surface area contributed by atoms with Gasteiger partial charge in [-0.15, -0.1) is 12.4 Å². The van der Waals surface area contributed by atoms with E-state index in [0.29, 0.717) is 29.3 Å². The van der Waals surface area contributed by atoms with E-state index >= 15 is 0 Å². The number of nitrogens with one attached hydrogen (secondary N) is 2. The second kappa shape index (κ2) is 7.90. The van der Waals surface area contributed by atoms with Crippen molar-refractivity contribution in [1.29, 1.82) is 0 Å². The number of halogens is 1. The highest BCUT2D eigenvalue weighted by Gasteiger charge is 2.55. The topological polar surface area (TPSA) is 97.1 Å². The molecule has 4 fully saturated rings. The van der Waals surface area contributed by atoms with Crippen LogP contribution in [-0.4, -0.2) is 22.8 Å². The molecule has 0 aromatic carbocycles. The maximum atomic E-state index is 13.3. The van der Waals surface area contributed by atoms with Gasteiger partial charge in [0.05, 0.1) is 11.9 Å². The summed E-state index contributed by atoms with van der Waals surface area (Å²) in [5.74, 6) is 2.41. The minimum atomic E-state index is -0.553. The molecular formula is C21H31ClN4O2. The van der Waals surface area contributed by atoms with Crippen LogP contribution in [0, 0.1) is 29.1 Å². The van der Waals surface area contributed by atoms with Crippen LogP contribution in [0.5, 0.6) is 0 Å². The molecule has 0 spiro atoms. The van der Waals surface area contributed by atoms with Crippen molar-refractivity contribution in [2.75, 3.05) is 11.1 Å². The predicted octanol–water partition coefficient (Wildman–Crippen LogP) is 3.38. The fourth-order valence-electron chi connectivity index (χ4n) is 5.92. The number of nitrogens with zero attached hydrogens (tertiary/aromatic N) is 1. The SMILES string of the molecule is CC(C)C(NC(=O)C12CC3CC(CC(C3)C1)C2)C(=O)Nc1ccc(N)nc1.Cl. The Morgan fingerprint density at radius 3 is 2.14 bits per heavy atom. The van der Waals surface area contributed by atoms with Gasteiger partial charge in [0.1, 0.15) is 11.9 Å². The summed E-state index contributed by atoms with van der Waals surface area (Å²) in [6.07, 6.45) is 8.42. The summed E-state index contributed by atoms with van der Waals surface area (Å²) in [4.78, 5) is 30.1. The molecule has 4 aliphatic rings. The summed E-state index contributed by atoms with van der Waals surface area (Å²) in [6, 6.07) is 2.81. The highest BCUT2D eigenvalue weighted by atomic mass is 35.5. The van der Waals surface area contributed by atoms with Gasteiger partial charge in [-0.2, -0.15) is 0 Å². The molecule has 4 saturated carbocycles. The van der Waals surface area contributed by atoms with Crippen LogP contribution in [0.15, 0.2) is 18.3 Å². The molecular weight excluding hydrogens is 376 g/mol. The maximum Gasteiger partial charge on any atom is 0.247 e. The van der Waals surface area contributed by atoms with Crippen molar-refractivity contribution in [2.45, 2.75) is 58.4 Å². The number of carbonyl (C=O) groups excluding carboxylic acids is 2. The molecule has 4 bridgehead atoms. The van der Waals surface area contributed by atoms with Crippen LogP contribution in [0.3, 0.4) is 0 Å². The first-order valence-electron chi connectivity index (χ1n) is 10.2. The van der Waals surface area contributed by atoms with E-state index in [1.165, 1.54) is 25.5 Å². The van der Waals surface area contributed by atoms with Crippen LogP contribution in [-0.2, 0) is 9.59 Å². The molecule has 0 aliphatic heterocycles. The summed E-state index contributed by atoms with van der Waals surface area (Å²) >= 11 is 0. The lowest BCUT2D eigenvalue weighted by atomic mass is 9.49. The fraction of sp³-hybridized carbons (Fsp3) is 0.667. The van der Waals surface area contributed by atoms with Crippen LogP contribution < -0.4 is 16.4 Å². The van der Waals surface area contributed by atoms with E-state index in [2.05, 4.69) is 15.6 Å². The molecule has 5 rings (SSSR count). The van der Waals surface area contributed by atoms with Gasteiger partial charge in [0, 0.05) is 5.41 Å². The van der Waals surface area contributed by atoms with Crippen LogP contribution in [0.25, 0.3) is 0 Å². The van der Waals surface area contributed by atoms with Crippen molar-refractivity contribution in [2.24, 2.45) is 29.1 Å². The van der Waals surface area contributed by atoms with Crippen molar-refractivity contribution >= 4 is 35.7 Å². The Bertz CT molecular complexity index is 699. The fourth-order valence-corrected chi connectivity index (χ4v) is 5.92. The van der Waals surface area contributed by atoms with E-state index in [1.54, 1.807) is 12.1 Å². The van der Waals surface area contributed by atoms with E-state index in [-0.39, 0.29) is 35.6 Å². The molecule has 4 aliphatic carbocycles. The zero-order valence-corrected chi connectivity index (χ0v) is 17.4. The third kappa shape index (κ3) is 3.97. The Hall–Kier alpha value is -1.82. The lowest BCUT2D eigenvalue weighted by Crippen LogP contribution is -2.57. The number of nitrogens with two attached hydrogens (primary N) is 1. The Kier molecular flexibility index (Phi) is 5.89. The standard InChI is InChI=1S/C21H30N4O2.ClH/c1-12(2)18(19(26)24-16-3-4-17(22)23-11-16)25-20(27)21-8-13-5-14(9-21)7-15(6-13)10-21;/h3-4,11-15,18H,5-10H2,1-2H3,(H2,22,23)(H,24,26)(H,25,27);1H. The average Bonchev–Trinajstić information content (AvgIpc) is 2.59. The zero-order valence-electron chi connectivity index (χ0n) is 16.6. The number of hydrogen-bond acceptors (Lipinski definition) is 4. The molecule has 4 N–H and O–H groups in total. The Morgan fingerprint density at radius 2 is 1.68 bits per heavy atom. The first-order valence-corrected chi connectivity index (χ1v) is 10.2. The summed E-state index contributed by atoms with van der Waals surface area (Å²) in [6.45, 7) is 3.93. The van der Waals surface area contributed by atoms with Gasteiger partial charge in [0.2, 0.25) is 11.8 Å². The smallest absolute Gasteiger partial charge is 0.247 e. The monoisotopic (exact) mass is 406 g/mol. The molecule has 1 atom stereocenters. The lowest BCUT2D eigenvalue weighted by molar-refractivity contribution is -0.148. The number of carbonyl (C=O) groups is 2. The largest absolute Gasteiger partial charge is 0.384 e. The van der Waals surface area contributed by atoms with E-state index < -0.39 is 6.04 Å². The van der Waals surface area contributed by atoms with Gasteiger partial charge >= 0.3 is 0 Å². The van der Waals surface area contributed by atoms with Gasteiger partial charge in [-0.25, -0.2) is 4.98 Å². The first-order chi connectivity index (χ1) is 12.8. The molecule has 2 amide bonds. The number of rotatable bonds is 5. The number of hydrogen-bond donors (Lipinski definition) is 3. The van der Waals surface area contributed by atoms with Gasteiger partial charge < -0.3 is 16.4 Å². The molecule has 6 nitrogen and oxygen atoms in total. The average molecular weight is 407 g/mol. The van der Waals surface area contributed by atoms with Gasteiger partial charge in [-0.05, 0) is 74.3 Å². The van der Waals surface area contributed by atoms with Crippen molar-refractivity contribution < 1.29 is 9.59 Å². The van der Waals surface area contributed by atoms with Crippen molar-refractivity contribution in [3.63, 3.8) is 0 Å². The second-order valence-electron chi connectivity index (χ2n) is 9.35. The maximum absolute atomic E-state index is 13.3. The number of anilines is 2. The van der Waals surface area contributed by atoms with Gasteiger partial charge in [-0.1, -0.05) is 13.8 Å². The van der Waals surface area contributed by atoms with Gasteiger partial charge in [0.25, 0.3) is 0 Å². The molecule has 1 aromatic heterocycles. The van der Waals surface area contributed by atoms with Crippen LogP contribution in [0.1, 0.15) is 52.4 Å². The Morgan fingerprint density at radius 1 is 1.11 bits per heavy atom. The summed E-state index contributed by atoms with van der Waals surface area (Å²) in [5, 5.41) is 5.97. The molecule has 28 heavy (non-hydrogen) atoms. The van der Waals surface area contributed by atoms with Crippen molar-refractivity contribution in [3.05, 3.63) is 18.3 Å². The molecule has 1 aromatic rings. The highest BCUT2D eigenvalue weighted by molar-refractivity contribution is 5.98. The van der Waals surface area contributed by atoms with Crippen molar-refractivity contribution in [3.8, 4) is 0 Å². The third-order valence-corrected chi connectivity index (χ3v) is 6.81. The molecule has 1 unspecified atom stereocenters.